The first kappa shape index (κ1) is 21.0. The zero-order valence-electron chi connectivity index (χ0n) is 17.2. The molecule has 158 valence electrons. The van der Waals surface area contributed by atoms with Gasteiger partial charge >= 0.3 is 0 Å². The first-order valence-electron chi connectivity index (χ1n) is 10.2. The van der Waals surface area contributed by atoms with Crippen molar-refractivity contribution >= 4 is 49.8 Å². The Bertz CT molecular complexity index is 1060. The molecule has 3 aromatic heterocycles. The Labute approximate surface area is 184 Å². The smallest absolute Gasteiger partial charge is 0.181 e. The molecule has 0 radical (unpaired) electrons. The zero-order chi connectivity index (χ0) is 21.1. The fourth-order valence-electron chi connectivity index (χ4n) is 3.52. The van der Waals surface area contributed by atoms with E-state index in [1.807, 2.05) is 24.4 Å². The van der Waals surface area contributed by atoms with Crippen molar-refractivity contribution in [2.45, 2.75) is 46.1 Å². The van der Waals surface area contributed by atoms with E-state index in [9.17, 15) is 0 Å². The highest BCUT2D eigenvalue weighted by Crippen LogP contribution is 2.26. The minimum Gasteiger partial charge on any atom is -0.328 e. The SMILES string of the molecule is CCC(=N)SC(=N)c1cnc2c(Nc3cc(CN4CCCCC4)ns3)nc(C)cn12. The molecule has 8 nitrogen and oxygen atoms in total. The van der Waals surface area contributed by atoms with Gasteiger partial charge in [-0.25, -0.2) is 9.97 Å². The summed E-state index contributed by atoms with van der Waals surface area (Å²) in [4.78, 5) is 11.6. The van der Waals surface area contributed by atoms with Gasteiger partial charge in [-0.3, -0.25) is 20.1 Å². The third-order valence-electron chi connectivity index (χ3n) is 5.03. The lowest BCUT2D eigenvalue weighted by atomic mass is 10.1. The van der Waals surface area contributed by atoms with E-state index in [0.29, 0.717) is 33.7 Å². The van der Waals surface area contributed by atoms with E-state index < -0.39 is 0 Å². The van der Waals surface area contributed by atoms with Gasteiger partial charge in [0.1, 0.15) is 10.0 Å². The maximum Gasteiger partial charge on any atom is 0.181 e. The standard InChI is InChI=1S/C20H26N8S2/c1-3-16(21)29-18(22)15-10-23-20-19(24-13(2)11-28(15)20)25-17-9-14(26-30-17)12-27-7-5-4-6-8-27/h9-11,21-22H,3-8,12H2,1-2H3,(H,24,25). The third-order valence-corrected chi connectivity index (χ3v) is 6.72. The van der Waals surface area contributed by atoms with Crippen molar-refractivity contribution in [1.82, 2.24) is 23.6 Å². The van der Waals surface area contributed by atoms with Gasteiger partial charge < -0.3 is 5.32 Å². The van der Waals surface area contributed by atoms with Crippen molar-refractivity contribution in [3.63, 3.8) is 0 Å². The normalized spacial score (nSPS) is 14.9. The Balaban J connectivity index is 1.54. The van der Waals surface area contributed by atoms with Gasteiger partial charge in [-0.15, -0.1) is 0 Å². The van der Waals surface area contributed by atoms with Gasteiger partial charge in [-0.2, -0.15) is 4.37 Å². The number of piperidine rings is 1. The first-order chi connectivity index (χ1) is 14.5. The maximum absolute atomic E-state index is 8.36. The van der Waals surface area contributed by atoms with Crippen molar-refractivity contribution in [3.05, 3.63) is 35.5 Å². The summed E-state index contributed by atoms with van der Waals surface area (Å²) >= 11 is 2.59. The molecule has 1 aliphatic rings. The van der Waals surface area contributed by atoms with E-state index in [4.69, 9.17) is 10.8 Å². The number of likely N-dealkylation sites (tertiary alicyclic amines) is 1. The number of hydrogen-bond acceptors (Lipinski definition) is 9. The van der Waals surface area contributed by atoms with E-state index in [1.165, 1.54) is 30.8 Å². The molecule has 30 heavy (non-hydrogen) atoms. The summed E-state index contributed by atoms with van der Waals surface area (Å²) in [6, 6.07) is 2.09. The molecule has 0 saturated carbocycles. The quantitative estimate of drug-likeness (QED) is 0.378. The lowest BCUT2D eigenvalue weighted by molar-refractivity contribution is 0.219. The Morgan fingerprint density at radius 3 is 2.83 bits per heavy atom. The average Bonchev–Trinajstić information content (AvgIpc) is 3.35. The fourth-order valence-corrected chi connectivity index (χ4v) is 4.82. The number of thioether (sulfide) groups is 1. The van der Waals surface area contributed by atoms with Gasteiger partial charge in [-0.1, -0.05) is 25.1 Å². The summed E-state index contributed by atoms with van der Waals surface area (Å²) in [5.41, 5.74) is 3.23. The second kappa shape index (κ2) is 9.23. The Morgan fingerprint density at radius 1 is 1.27 bits per heavy atom. The van der Waals surface area contributed by atoms with E-state index in [0.717, 1.165) is 47.8 Å². The van der Waals surface area contributed by atoms with Crippen LogP contribution < -0.4 is 5.32 Å². The van der Waals surface area contributed by atoms with Crippen molar-refractivity contribution < 1.29 is 0 Å². The van der Waals surface area contributed by atoms with Crippen molar-refractivity contribution in [1.29, 1.82) is 10.8 Å². The van der Waals surface area contributed by atoms with Crippen LogP contribution in [-0.2, 0) is 6.54 Å². The molecule has 0 unspecified atom stereocenters. The van der Waals surface area contributed by atoms with Gasteiger partial charge in [-0.05, 0) is 56.9 Å². The molecule has 0 bridgehead atoms. The molecule has 4 rings (SSSR count). The van der Waals surface area contributed by atoms with Gasteiger partial charge in [0.2, 0.25) is 0 Å². The molecule has 0 aliphatic carbocycles. The molecule has 0 spiro atoms. The number of fused-ring (bicyclic) bond motifs is 1. The van der Waals surface area contributed by atoms with E-state index >= 15 is 0 Å². The van der Waals surface area contributed by atoms with E-state index in [2.05, 4.69) is 30.6 Å². The predicted molar refractivity (Wildman–Crippen MR) is 125 cm³/mol. The number of aryl methyl sites for hydroxylation is 1. The molecule has 0 amide bonds. The third kappa shape index (κ3) is 4.71. The molecule has 1 saturated heterocycles. The summed E-state index contributed by atoms with van der Waals surface area (Å²) in [6.07, 6.45) is 8.04. The number of nitrogens with one attached hydrogen (secondary N) is 3. The molecule has 4 heterocycles. The lowest BCUT2D eigenvalue weighted by Gasteiger charge is -2.25. The summed E-state index contributed by atoms with van der Waals surface area (Å²) in [5.74, 6) is 0.651. The number of anilines is 2. The van der Waals surface area contributed by atoms with Crippen molar-refractivity contribution in [2.75, 3.05) is 18.4 Å². The molecule has 3 aromatic rings. The number of hydrogen-bond donors (Lipinski definition) is 3. The summed E-state index contributed by atoms with van der Waals surface area (Å²) in [7, 11) is 0. The molecule has 0 atom stereocenters. The lowest BCUT2D eigenvalue weighted by Crippen LogP contribution is -2.29. The van der Waals surface area contributed by atoms with Crippen LogP contribution in [0.4, 0.5) is 10.8 Å². The minimum absolute atomic E-state index is 0.313. The van der Waals surface area contributed by atoms with Crippen LogP contribution in [0.1, 0.15) is 49.7 Å². The second-order valence-corrected chi connectivity index (χ2v) is 9.33. The van der Waals surface area contributed by atoms with Crippen LogP contribution in [-0.4, -0.2) is 46.8 Å². The Hall–Kier alpha value is -2.30. The fraction of sp³-hybridized carbons (Fsp3) is 0.450. The molecule has 10 heteroatoms. The number of rotatable bonds is 6. The minimum atomic E-state index is 0.313. The maximum atomic E-state index is 8.36. The van der Waals surface area contributed by atoms with Gasteiger partial charge in [0.15, 0.2) is 11.5 Å². The summed E-state index contributed by atoms with van der Waals surface area (Å²) in [6.45, 7) is 7.03. The van der Waals surface area contributed by atoms with Gasteiger partial charge in [0.25, 0.3) is 0 Å². The van der Waals surface area contributed by atoms with Crippen molar-refractivity contribution in [2.24, 2.45) is 0 Å². The highest BCUT2D eigenvalue weighted by atomic mass is 32.2. The average molecular weight is 443 g/mol. The molecule has 3 N–H and O–H groups in total. The van der Waals surface area contributed by atoms with Crippen LogP contribution in [0.25, 0.3) is 5.65 Å². The van der Waals surface area contributed by atoms with Gasteiger partial charge in [0.05, 0.1) is 28.3 Å². The molecule has 1 aliphatic heterocycles. The summed E-state index contributed by atoms with van der Waals surface area (Å²) < 4.78 is 6.48. The second-order valence-electron chi connectivity index (χ2n) is 7.42. The van der Waals surface area contributed by atoms with E-state index in [1.54, 1.807) is 6.20 Å². The van der Waals surface area contributed by atoms with Crippen LogP contribution in [0.15, 0.2) is 18.5 Å². The van der Waals surface area contributed by atoms with Crippen molar-refractivity contribution in [3.8, 4) is 0 Å². The summed E-state index contributed by atoms with van der Waals surface area (Å²) in [5, 5.41) is 21.3. The predicted octanol–water partition coefficient (Wildman–Crippen LogP) is 4.67. The number of nitrogens with zero attached hydrogens (tertiary/aromatic N) is 5. The molecule has 0 aromatic carbocycles. The monoisotopic (exact) mass is 442 g/mol. The van der Waals surface area contributed by atoms with Crippen LogP contribution in [0.2, 0.25) is 0 Å². The molecular weight excluding hydrogens is 416 g/mol. The largest absolute Gasteiger partial charge is 0.328 e. The van der Waals surface area contributed by atoms with E-state index in [-0.39, 0.29) is 0 Å². The van der Waals surface area contributed by atoms with Gasteiger partial charge in [0, 0.05) is 12.7 Å². The van der Waals surface area contributed by atoms with Crippen LogP contribution in [0.3, 0.4) is 0 Å². The Kier molecular flexibility index (Phi) is 6.45. The zero-order valence-corrected chi connectivity index (χ0v) is 18.9. The topological polar surface area (TPSA) is 106 Å². The number of aromatic nitrogens is 4. The Morgan fingerprint density at radius 2 is 2.07 bits per heavy atom. The van der Waals surface area contributed by atoms with Crippen LogP contribution in [0.5, 0.6) is 0 Å². The first-order valence-corrected chi connectivity index (χ1v) is 11.8. The highest BCUT2D eigenvalue weighted by molar-refractivity contribution is 8.26. The molecular formula is C20H26N8S2. The highest BCUT2D eigenvalue weighted by Gasteiger charge is 2.17. The van der Waals surface area contributed by atoms with Crippen LogP contribution in [0, 0.1) is 17.7 Å². The van der Waals surface area contributed by atoms with Crippen LogP contribution >= 0.6 is 23.3 Å². The number of imidazole rings is 1. The molecule has 1 fully saturated rings.